The topological polar surface area (TPSA) is 21.3 Å². The first-order valence-electron chi connectivity index (χ1n) is 7.37. The van der Waals surface area contributed by atoms with Gasteiger partial charge in [0.25, 0.3) is 0 Å². The summed E-state index contributed by atoms with van der Waals surface area (Å²) < 4.78 is 5.96. The number of allylic oxidation sites excluding steroid dienone is 1. The van der Waals surface area contributed by atoms with Crippen molar-refractivity contribution in [2.24, 2.45) is 0 Å². The normalized spacial score (nSPS) is 13.8. The molecular weight excluding hydrogens is 270 g/mol. The van der Waals surface area contributed by atoms with Gasteiger partial charge in [-0.1, -0.05) is 36.6 Å². The summed E-state index contributed by atoms with van der Waals surface area (Å²) in [6.07, 6.45) is 8.02. The summed E-state index contributed by atoms with van der Waals surface area (Å²) >= 11 is 5.97. The minimum Gasteiger partial charge on any atom is -0.489 e. The van der Waals surface area contributed by atoms with Crippen molar-refractivity contribution < 1.29 is 4.74 Å². The highest BCUT2D eigenvalue weighted by atomic mass is 35.5. The second kappa shape index (κ2) is 9.84. The molecule has 0 saturated carbocycles. The van der Waals surface area contributed by atoms with Crippen LogP contribution in [-0.4, -0.2) is 19.2 Å². The lowest BCUT2D eigenvalue weighted by Crippen LogP contribution is -2.39. The van der Waals surface area contributed by atoms with Gasteiger partial charge in [0.15, 0.2) is 0 Å². The smallest absolute Gasteiger partial charge is 0.121 e. The molecule has 0 aliphatic rings. The van der Waals surface area contributed by atoms with Gasteiger partial charge in [0.2, 0.25) is 0 Å². The second-order valence-corrected chi connectivity index (χ2v) is 5.54. The van der Waals surface area contributed by atoms with Crippen molar-refractivity contribution in [3.8, 4) is 5.75 Å². The molecule has 3 heteroatoms. The van der Waals surface area contributed by atoms with Gasteiger partial charge in [-0.25, -0.2) is 0 Å². The first kappa shape index (κ1) is 17.1. The first-order chi connectivity index (χ1) is 9.67. The third kappa shape index (κ3) is 6.44. The van der Waals surface area contributed by atoms with Crippen molar-refractivity contribution in [1.29, 1.82) is 0 Å². The Morgan fingerprint density at radius 1 is 1.35 bits per heavy atom. The summed E-state index contributed by atoms with van der Waals surface area (Å²) in [6, 6.07) is 7.92. The van der Waals surface area contributed by atoms with E-state index >= 15 is 0 Å². The van der Waals surface area contributed by atoms with E-state index in [-0.39, 0.29) is 6.10 Å². The van der Waals surface area contributed by atoms with Crippen LogP contribution < -0.4 is 10.1 Å². The number of rotatable bonds is 10. The third-order valence-corrected chi connectivity index (χ3v) is 3.71. The van der Waals surface area contributed by atoms with Gasteiger partial charge in [-0.05, 0) is 51.4 Å². The van der Waals surface area contributed by atoms with E-state index < -0.39 is 0 Å². The zero-order valence-corrected chi connectivity index (χ0v) is 13.3. The second-order valence-electron chi connectivity index (χ2n) is 5.10. The van der Waals surface area contributed by atoms with Gasteiger partial charge in [-0.3, -0.25) is 0 Å². The van der Waals surface area contributed by atoms with Crippen LogP contribution in [0.25, 0.3) is 0 Å². The van der Waals surface area contributed by atoms with E-state index in [4.69, 9.17) is 16.3 Å². The number of benzene rings is 1. The Morgan fingerprint density at radius 2 is 2.15 bits per heavy atom. The molecular formula is C17H26ClNO. The monoisotopic (exact) mass is 295 g/mol. The highest BCUT2D eigenvalue weighted by molar-refractivity contribution is 6.30. The standard InChI is InChI=1S/C17H26ClNO/c1-4-5-6-7-8-12-17(19-3)14(2)20-16-11-9-10-15(18)13-16/h4,9-11,13-14,17,19H,1,5-8,12H2,2-3H3. The molecule has 2 nitrogen and oxygen atoms in total. The lowest BCUT2D eigenvalue weighted by atomic mass is 10.0. The van der Waals surface area contributed by atoms with Crippen molar-refractivity contribution in [2.45, 2.75) is 51.2 Å². The van der Waals surface area contributed by atoms with E-state index in [2.05, 4.69) is 18.8 Å². The SMILES string of the molecule is C=CCCCCCC(NC)C(C)Oc1cccc(Cl)c1. The molecule has 0 aliphatic carbocycles. The minimum atomic E-state index is 0.123. The highest BCUT2D eigenvalue weighted by Gasteiger charge is 2.16. The molecule has 20 heavy (non-hydrogen) atoms. The summed E-state index contributed by atoms with van der Waals surface area (Å²) in [7, 11) is 1.99. The lowest BCUT2D eigenvalue weighted by molar-refractivity contribution is 0.167. The molecule has 0 spiro atoms. The maximum absolute atomic E-state index is 5.97. The zero-order valence-electron chi connectivity index (χ0n) is 12.6. The predicted octanol–water partition coefficient (Wildman–Crippen LogP) is 4.83. The maximum Gasteiger partial charge on any atom is 0.121 e. The maximum atomic E-state index is 5.97. The molecule has 0 saturated heterocycles. The molecule has 1 N–H and O–H groups in total. The summed E-state index contributed by atoms with van der Waals surface area (Å²) in [6.45, 7) is 5.85. The number of hydrogen-bond acceptors (Lipinski definition) is 2. The average molecular weight is 296 g/mol. The van der Waals surface area contributed by atoms with E-state index in [0.717, 1.165) is 18.6 Å². The van der Waals surface area contributed by atoms with Crippen LogP contribution in [0.15, 0.2) is 36.9 Å². The van der Waals surface area contributed by atoms with Crippen molar-refractivity contribution in [2.75, 3.05) is 7.05 Å². The van der Waals surface area contributed by atoms with Crippen molar-refractivity contribution in [3.05, 3.63) is 41.9 Å². The summed E-state index contributed by atoms with van der Waals surface area (Å²) in [5, 5.41) is 4.06. The van der Waals surface area contributed by atoms with E-state index in [1.165, 1.54) is 19.3 Å². The van der Waals surface area contributed by atoms with Crippen LogP contribution in [0.2, 0.25) is 5.02 Å². The number of halogens is 1. The van der Waals surface area contributed by atoms with Crippen LogP contribution in [0, 0.1) is 0 Å². The van der Waals surface area contributed by atoms with Crippen molar-refractivity contribution >= 4 is 11.6 Å². The molecule has 1 aromatic rings. The molecule has 0 fully saturated rings. The Balaban J connectivity index is 2.38. The molecule has 0 aliphatic heterocycles. The molecule has 0 aromatic heterocycles. The van der Waals surface area contributed by atoms with Crippen molar-refractivity contribution in [3.63, 3.8) is 0 Å². The molecule has 112 valence electrons. The number of hydrogen-bond donors (Lipinski definition) is 1. The number of likely N-dealkylation sites (N-methyl/N-ethyl adjacent to an activating group) is 1. The van der Waals surface area contributed by atoms with Crippen LogP contribution >= 0.6 is 11.6 Å². The summed E-state index contributed by atoms with van der Waals surface area (Å²) in [4.78, 5) is 0. The van der Waals surface area contributed by atoms with E-state index in [1.807, 2.05) is 37.4 Å². The third-order valence-electron chi connectivity index (χ3n) is 3.48. The molecule has 1 rings (SSSR count). The van der Waals surface area contributed by atoms with Crippen LogP contribution in [0.5, 0.6) is 5.75 Å². The Kier molecular flexibility index (Phi) is 8.40. The van der Waals surface area contributed by atoms with E-state index in [9.17, 15) is 0 Å². The molecule has 2 atom stereocenters. The average Bonchev–Trinajstić information content (AvgIpc) is 2.42. The van der Waals surface area contributed by atoms with E-state index in [1.54, 1.807) is 0 Å². The van der Waals surface area contributed by atoms with Gasteiger partial charge in [-0.15, -0.1) is 6.58 Å². The number of unbranched alkanes of at least 4 members (excludes halogenated alkanes) is 3. The van der Waals surface area contributed by atoms with Crippen LogP contribution in [0.1, 0.15) is 39.0 Å². The van der Waals surface area contributed by atoms with Gasteiger partial charge in [0.1, 0.15) is 11.9 Å². The summed E-state index contributed by atoms with van der Waals surface area (Å²) in [5.74, 6) is 0.830. The van der Waals surface area contributed by atoms with Gasteiger partial charge in [0.05, 0.1) is 0 Å². The van der Waals surface area contributed by atoms with Crippen LogP contribution in [-0.2, 0) is 0 Å². The molecule has 2 unspecified atom stereocenters. The fourth-order valence-electron chi connectivity index (χ4n) is 2.28. The lowest BCUT2D eigenvalue weighted by Gasteiger charge is -2.24. The fraction of sp³-hybridized carbons (Fsp3) is 0.529. The number of ether oxygens (including phenoxy) is 1. The van der Waals surface area contributed by atoms with E-state index in [0.29, 0.717) is 11.1 Å². The van der Waals surface area contributed by atoms with Gasteiger partial charge < -0.3 is 10.1 Å². The Morgan fingerprint density at radius 3 is 2.80 bits per heavy atom. The van der Waals surface area contributed by atoms with Gasteiger partial charge in [0, 0.05) is 11.1 Å². The predicted molar refractivity (Wildman–Crippen MR) is 87.7 cm³/mol. The molecule has 0 amide bonds. The van der Waals surface area contributed by atoms with Gasteiger partial charge in [-0.2, -0.15) is 0 Å². The summed E-state index contributed by atoms with van der Waals surface area (Å²) in [5.41, 5.74) is 0. The Hall–Kier alpha value is -0.990. The fourth-order valence-corrected chi connectivity index (χ4v) is 2.46. The van der Waals surface area contributed by atoms with Gasteiger partial charge >= 0.3 is 0 Å². The van der Waals surface area contributed by atoms with Crippen molar-refractivity contribution in [1.82, 2.24) is 5.32 Å². The first-order valence-corrected chi connectivity index (χ1v) is 7.75. The molecule has 0 bridgehead atoms. The molecule has 0 radical (unpaired) electrons. The molecule has 1 aromatic carbocycles. The molecule has 0 heterocycles. The quantitative estimate of drug-likeness (QED) is 0.493. The highest BCUT2D eigenvalue weighted by Crippen LogP contribution is 2.20. The zero-order chi connectivity index (χ0) is 14.8. The van der Waals surface area contributed by atoms with Crippen LogP contribution in [0.3, 0.4) is 0 Å². The largest absolute Gasteiger partial charge is 0.489 e. The minimum absolute atomic E-state index is 0.123. The van der Waals surface area contributed by atoms with Crippen LogP contribution in [0.4, 0.5) is 0 Å². The Labute approximate surface area is 128 Å². The Bertz CT molecular complexity index is 394. The number of nitrogens with one attached hydrogen (secondary N) is 1.